The first kappa shape index (κ1) is 11.0. The minimum absolute atomic E-state index is 0.132. The molecule has 0 bridgehead atoms. The Hall–Kier alpha value is -1.10. The molecular weight excluding hydrogens is 282 g/mol. The van der Waals surface area contributed by atoms with Gasteiger partial charge in [-0.05, 0) is 28.8 Å². The molecule has 1 aliphatic heterocycles. The third kappa shape index (κ3) is 1.64. The molecule has 17 heavy (non-hydrogen) atoms. The van der Waals surface area contributed by atoms with Gasteiger partial charge in [0.15, 0.2) is 10.5 Å². The number of carbonyl (C=O) groups is 1. The number of hydrogen-bond donors (Lipinski definition) is 1. The number of imidazole rings is 1. The lowest BCUT2D eigenvalue weighted by Gasteiger charge is -2.18. The Labute approximate surface area is 108 Å². The Morgan fingerprint density at radius 2 is 2.47 bits per heavy atom. The van der Waals surface area contributed by atoms with Crippen molar-refractivity contribution < 1.29 is 4.79 Å². The second-order valence-electron chi connectivity index (χ2n) is 4.52. The van der Waals surface area contributed by atoms with Gasteiger partial charge in [-0.3, -0.25) is 4.79 Å². The summed E-state index contributed by atoms with van der Waals surface area (Å²) in [5, 5.41) is 3.35. The van der Waals surface area contributed by atoms with Crippen LogP contribution in [0.4, 0.5) is 0 Å². The van der Waals surface area contributed by atoms with Crippen LogP contribution in [0.2, 0.25) is 0 Å². The van der Waals surface area contributed by atoms with Crippen LogP contribution < -0.4 is 5.32 Å². The molecule has 0 spiro atoms. The van der Waals surface area contributed by atoms with E-state index in [1.807, 2.05) is 0 Å². The van der Waals surface area contributed by atoms with E-state index in [1.165, 1.54) is 0 Å². The highest BCUT2D eigenvalue weighted by Crippen LogP contribution is 2.34. The fourth-order valence-corrected chi connectivity index (χ4v) is 3.34. The van der Waals surface area contributed by atoms with E-state index < -0.39 is 0 Å². The van der Waals surface area contributed by atoms with E-state index in [2.05, 4.69) is 37.7 Å². The smallest absolute Gasteiger partial charge is 0.178 e. The summed E-state index contributed by atoms with van der Waals surface area (Å²) >= 11 is 3.52. The molecule has 0 fully saturated rings. The molecule has 0 aromatic carbocycles. The highest BCUT2D eigenvalue weighted by Gasteiger charge is 2.30. The third-order valence-corrected chi connectivity index (χ3v) is 4.03. The zero-order valence-corrected chi connectivity index (χ0v) is 11.2. The van der Waals surface area contributed by atoms with Gasteiger partial charge < -0.3 is 9.88 Å². The van der Waals surface area contributed by atoms with Gasteiger partial charge >= 0.3 is 0 Å². The Kier molecular flexibility index (Phi) is 2.58. The summed E-state index contributed by atoms with van der Waals surface area (Å²) in [7, 11) is 0. The van der Waals surface area contributed by atoms with Crippen molar-refractivity contribution in [2.75, 3.05) is 6.54 Å². The summed E-state index contributed by atoms with van der Waals surface area (Å²) < 4.78 is 3.08. The average Bonchev–Trinajstić information content (AvgIpc) is 2.51. The van der Waals surface area contributed by atoms with Crippen molar-refractivity contribution in [2.45, 2.75) is 32.2 Å². The van der Waals surface area contributed by atoms with Crippen molar-refractivity contribution in [3.05, 3.63) is 22.2 Å². The molecular formula is C12H14BrN3O. The van der Waals surface area contributed by atoms with Crippen LogP contribution in [0.3, 0.4) is 0 Å². The van der Waals surface area contributed by atoms with Gasteiger partial charge in [-0.2, -0.15) is 0 Å². The number of carbonyl (C=O) groups excluding carboxylic acids is 1. The quantitative estimate of drug-likeness (QED) is 0.863. The molecule has 90 valence electrons. The monoisotopic (exact) mass is 295 g/mol. The van der Waals surface area contributed by atoms with Crippen molar-refractivity contribution >= 4 is 27.4 Å². The predicted octanol–water partition coefficient (Wildman–Crippen LogP) is 2.06. The SMILES string of the molecule is CCC1CCNC2=CC(=O)Cc3nc(Br)n1c32. The fourth-order valence-electron chi connectivity index (χ4n) is 2.66. The first-order chi connectivity index (χ1) is 8.20. The molecule has 3 rings (SSSR count). The first-order valence-electron chi connectivity index (χ1n) is 5.96. The molecule has 2 aliphatic rings. The minimum atomic E-state index is 0.132. The molecule has 0 amide bonds. The largest absolute Gasteiger partial charge is 0.383 e. The standard InChI is InChI=1S/C12H14BrN3O/c1-2-7-3-4-14-9-5-8(17)6-10-11(9)16(7)12(13)15-10/h5,7,14H,2-4,6H2,1H3. The van der Waals surface area contributed by atoms with Crippen molar-refractivity contribution in [3.8, 4) is 0 Å². The van der Waals surface area contributed by atoms with E-state index in [9.17, 15) is 4.79 Å². The summed E-state index contributed by atoms with van der Waals surface area (Å²) in [6.07, 6.45) is 4.27. The number of nitrogens with one attached hydrogen (secondary N) is 1. The van der Waals surface area contributed by atoms with Crippen molar-refractivity contribution in [1.82, 2.24) is 14.9 Å². The maximum absolute atomic E-state index is 11.6. The van der Waals surface area contributed by atoms with E-state index in [-0.39, 0.29) is 5.78 Å². The lowest BCUT2D eigenvalue weighted by Crippen LogP contribution is -2.19. The Bertz CT molecular complexity index is 518. The van der Waals surface area contributed by atoms with E-state index in [1.54, 1.807) is 6.08 Å². The maximum atomic E-state index is 11.6. The van der Waals surface area contributed by atoms with Crippen LogP contribution in [0.25, 0.3) is 5.70 Å². The molecule has 1 unspecified atom stereocenters. The molecule has 5 heteroatoms. The van der Waals surface area contributed by atoms with Crippen LogP contribution in [0.5, 0.6) is 0 Å². The van der Waals surface area contributed by atoms with Gasteiger partial charge in [-0.1, -0.05) is 6.92 Å². The summed E-state index contributed by atoms with van der Waals surface area (Å²) in [4.78, 5) is 16.1. The molecule has 1 N–H and O–H groups in total. The molecule has 1 aromatic heterocycles. The lowest BCUT2D eigenvalue weighted by atomic mass is 10.0. The van der Waals surface area contributed by atoms with E-state index in [4.69, 9.17) is 0 Å². The van der Waals surface area contributed by atoms with Crippen molar-refractivity contribution in [3.63, 3.8) is 0 Å². The van der Waals surface area contributed by atoms with E-state index in [0.29, 0.717) is 12.5 Å². The number of rotatable bonds is 1. The zero-order chi connectivity index (χ0) is 12.0. The summed E-state index contributed by atoms with van der Waals surface area (Å²) in [5.41, 5.74) is 2.93. The number of aromatic nitrogens is 2. The minimum Gasteiger partial charge on any atom is -0.383 e. The van der Waals surface area contributed by atoms with Gasteiger partial charge in [-0.25, -0.2) is 4.98 Å². The second kappa shape index (κ2) is 3.98. The van der Waals surface area contributed by atoms with Gasteiger partial charge in [0.2, 0.25) is 0 Å². The van der Waals surface area contributed by atoms with Crippen LogP contribution in [0, 0.1) is 0 Å². The van der Waals surface area contributed by atoms with Crippen LogP contribution in [0.15, 0.2) is 10.8 Å². The number of allylic oxidation sites excluding steroid dienone is 1. The Morgan fingerprint density at radius 1 is 1.65 bits per heavy atom. The van der Waals surface area contributed by atoms with Gasteiger partial charge in [0.1, 0.15) is 0 Å². The third-order valence-electron chi connectivity index (χ3n) is 3.47. The summed E-state index contributed by atoms with van der Waals surface area (Å²) in [6.45, 7) is 3.09. The molecule has 0 radical (unpaired) electrons. The average molecular weight is 296 g/mol. The molecule has 0 saturated carbocycles. The van der Waals surface area contributed by atoms with Crippen molar-refractivity contribution in [2.24, 2.45) is 0 Å². The highest BCUT2D eigenvalue weighted by molar-refractivity contribution is 9.10. The van der Waals surface area contributed by atoms with Crippen LogP contribution >= 0.6 is 15.9 Å². The van der Waals surface area contributed by atoms with E-state index >= 15 is 0 Å². The number of halogens is 1. The molecule has 0 saturated heterocycles. The normalized spacial score (nSPS) is 22.6. The highest BCUT2D eigenvalue weighted by atomic mass is 79.9. The predicted molar refractivity (Wildman–Crippen MR) is 68.6 cm³/mol. The van der Waals surface area contributed by atoms with Gasteiger partial charge in [0.05, 0.1) is 23.5 Å². The number of hydrogen-bond acceptors (Lipinski definition) is 3. The Balaban J connectivity index is 2.22. The lowest BCUT2D eigenvalue weighted by molar-refractivity contribution is -0.114. The molecule has 4 nitrogen and oxygen atoms in total. The summed E-state index contributed by atoms with van der Waals surface area (Å²) in [5.74, 6) is 0.132. The van der Waals surface area contributed by atoms with Gasteiger partial charge in [0.25, 0.3) is 0 Å². The first-order valence-corrected chi connectivity index (χ1v) is 6.75. The maximum Gasteiger partial charge on any atom is 0.178 e. The fraction of sp³-hybridized carbons (Fsp3) is 0.500. The Morgan fingerprint density at radius 3 is 3.24 bits per heavy atom. The molecule has 1 aromatic rings. The van der Waals surface area contributed by atoms with Crippen LogP contribution in [-0.2, 0) is 11.2 Å². The van der Waals surface area contributed by atoms with Gasteiger partial charge in [0, 0.05) is 18.7 Å². The van der Waals surface area contributed by atoms with E-state index in [0.717, 1.165) is 41.2 Å². The number of ketones is 1. The topological polar surface area (TPSA) is 46.9 Å². The van der Waals surface area contributed by atoms with Gasteiger partial charge in [-0.15, -0.1) is 0 Å². The zero-order valence-electron chi connectivity index (χ0n) is 9.66. The summed E-state index contributed by atoms with van der Waals surface area (Å²) in [6, 6.07) is 0.451. The van der Waals surface area contributed by atoms with Crippen LogP contribution in [-0.4, -0.2) is 21.9 Å². The molecule has 1 atom stereocenters. The van der Waals surface area contributed by atoms with Crippen molar-refractivity contribution in [1.29, 1.82) is 0 Å². The second-order valence-corrected chi connectivity index (χ2v) is 5.23. The molecule has 2 heterocycles. The van der Waals surface area contributed by atoms with Crippen LogP contribution in [0.1, 0.15) is 37.2 Å². The molecule has 1 aliphatic carbocycles. The number of nitrogens with zero attached hydrogens (tertiary/aromatic N) is 2.